The molecule has 12 nitrogen and oxygen atoms in total. The number of fused-ring (bicyclic) bond motifs is 1. The van der Waals surface area contributed by atoms with Crippen molar-refractivity contribution in [1.82, 2.24) is 0 Å². The first-order chi connectivity index (χ1) is 25.5. The second-order valence-corrected chi connectivity index (χ2v) is 12.5. The van der Waals surface area contributed by atoms with Crippen LogP contribution in [0.3, 0.4) is 0 Å². The van der Waals surface area contributed by atoms with Crippen molar-refractivity contribution in [1.29, 1.82) is 0 Å². The van der Waals surface area contributed by atoms with Gasteiger partial charge in [-0.3, -0.25) is 0 Å². The molecule has 2 saturated heterocycles. The number of rotatable bonds is 22. The summed E-state index contributed by atoms with van der Waals surface area (Å²) in [6.45, 7) is 10.6. The first-order valence-electron chi connectivity index (χ1n) is 17.8. The Morgan fingerprint density at radius 1 is 0.788 bits per heavy atom. The summed E-state index contributed by atoms with van der Waals surface area (Å²) in [5, 5.41) is 8.38. The van der Waals surface area contributed by atoms with Crippen LogP contribution in [0.5, 0.6) is 17.2 Å². The predicted molar refractivity (Wildman–Crippen MR) is 195 cm³/mol. The Hall–Kier alpha value is -4.59. The molecule has 0 spiro atoms. The number of hydrogen-bond donors (Lipinski definition) is 0. The third-order valence-corrected chi connectivity index (χ3v) is 8.42. The van der Waals surface area contributed by atoms with Crippen LogP contribution in [0.1, 0.15) is 61.8 Å². The second-order valence-electron chi connectivity index (χ2n) is 12.5. The summed E-state index contributed by atoms with van der Waals surface area (Å²) in [7, 11) is 0. The van der Waals surface area contributed by atoms with Crippen molar-refractivity contribution < 1.29 is 48.0 Å². The van der Waals surface area contributed by atoms with Gasteiger partial charge in [0.25, 0.3) is 0 Å². The van der Waals surface area contributed by atoms with Crippen molar-refractivity contribution in [2.75, 3.05) is 33.0 Å². The van der Waals surface area contributed by atoms with Crippen LogP contribution in [0.2, 0.25) is 0 Å². The minimum absolute atomic E-state index is 0.0642. The lowest BCUT2D eigenvalue weighted by Gasteiger charge is -2.15. The lowest BCUT2D eigenvalue weighted by atomic mass is 10.0. The number of benzene rings is 3. The standard InChI is InChI=1S/C40H48N2O10/c1-4-38(43)46-21-9-7-6-8-20-45-34-17-14-32(15-18-34)27-49-51-35-19-16-33(22-36(35)44-5-2)24-42-41-23-30-10-12-31(13-11-30)26-50-52-37-28-48-39-29(3)25-47-40(37)39/h4,10-19,22-24,29,37,39-40H,1,5-9,20-21,25-28H2,2-3H3/t29-,37+,39?,40?/m0/s1. The van der Waals surface area contributed by atoms with Crippen LogP contribution in [-0.4, -0.2) is 69.7 Å². The van der Waals surface area contributed by atoms with Gasteiger partial charge in [-0.2, -0.15) is 15.1 Å². The maximum atomic E-state index is 11.0. The highest BCUT2D eigenvalue weighted by Crippen LogP contribution is 2.32. The summed E-state index contributed by atoms with van der Waals surface area (Å²) in [6, 6.07) is 20.9. The number of hydrogen-bond acceptors (Lipinski definition) is 12. The van der Waals surface area contributed by atoms with Gasteiger partial charge >= 0.3 is 5.97 Å². The molecule has 52 heavy (non-hydrogen) atoms. The van der Waals surface area contributed by atoms with Crippen molar-refractivity contribution in [2.45, 2.75) is 71.1 Å². The Morgan fingerprint density at radius 2 is 1.46 bits per heavy atom. The number of esters is 1. The summed E-state index contributed by atoms with van der Waals surface area (Å²) in [5.74, 6) is 1.77. The Kier molecular flexibility index (Phi) is 15.6. The van der Waals surface area contributed by atoms with Crippen LogP contribution in [0.4, 0.5) is 0 Å². The fourth-order valence-electron chi connectivity index (χ4n) is 5.59. The SMILES string of the molecule is C=CC(=O)OCCCCCCOc1ccc(COOc2ccc(C=NN=Cc3ccc(COO[C@@H]4COC5C4OC[C@@H]5C)cc3)cc2OCC)cc1. The molecule has 0 aliphatic carbocycles. The van der Waals surface area contributed by atoms with Crippen molar-refractivity contribution in [3.63, 3.8) is 0 Å². The molecule has 2 unspecified atom stereocenters. The van der Waals surface area contributed by atoms with Crippen LogP contribution < -0.4 is 14.4 Å². The molecule has 2 heterocycles. The monoisotopic (exact) mass is 716 g/mol. The van der Waals surface area contributed by atoms with Crippen LogP contribution in [-0.2, 0) is 46.9 Å². The van der Waals surface area contributed by atoms with Gasteiger partial charge in [0, 0.05) is 12.0 Å². The second kappa shape index (κ2) is 21.1. The van der Waals surface area contributed by atoms with Crippen molar-refractivity contribution >= 4 is 18.4 Å². The molecule has 5 rings (SSSR count). The Labute approximate surface area is 305 Å². The third kappa shape index (κ3) is 12.3. The summed E-state index contributed by atoms with van der Waals surface area (Å²) in [6.07, 6.45) is 8.03. The van der Waals surface area contributed by atoms with E-state index in [9.17, 15) is 4.79 Å². The zero-order valence-electron chi connectivity index (χ0n) is 29.9. The van der Waals surface area contributed by atoms with E-state index in [0.29, 0.717) is 57.1 Å². The van der Waals surface area contributed by atoms with Gasteiger partial charge in [0.2, 0.25) is 5.75 Å². The molecule has 3 aromatic rings. The molecule has 0 aromatic heterocycles. The van der Waals surface area contributed by atoms with Gasteiger partial charge < -0.3 is 28.6 Å². The van der Waals surface area contributed by atoms with Crippen molar-refractivity contribution in [2.24, 2.45) is 16.1 Å². The normalized spacial score (nSPS) is 19.6. The molecular weight excluding hydrogens is 668 g/mol. The van der Waals surface area contributed by atoms with E-state index in [1.807, 2.05) is 67.6 Å². The highest BCUT2D eigenvalue weighted by Gasteiger charge is 2.47. The van der Waals surface area contributed by atoms with E-state index in [0.717, 1.165) is 53.7 Å². The molecule has 4 atom stereocenters. The molecular formula is C40H48N2O10. The Morgan fingerprint density at radius 3 is 2.21 bits per heavy atom. The molecule has 0 N–H and O–H groups in total. The van der Waals surface area contributed by atoms with Crippen LogP contribution in [0.25, 0.3) is 0 Å². The fourth-order valence-corrected chi connectivity index (χ4v) is 5.59. The highest BCUT2D eigenvalue weighted by atomic mass is 17.2. The molecule has 2 aliphatic heterocycles. The summed E-state index contributed by atoms with van der Waals surface area (Å²) >= 11 is 0. The van der Waals surface area contributed by atoms with Gasteiger partial charge in [-0.15, -0.1) is 0 Å². The zero-order chi connectivity index (χ0) is 36.4. The molecule has 2 fully saturated rings. The van der Waals surface area contributed by atoms with Gasteiger partial charge in [-0.25, -0.2) is 14.6 Å². The lowest BCUT2D eigenvalue weighted by molar-refractivity contribution is -0.341. The van der Waals surface area contributed by atoms with E-state index >= 15 is 0 Å². The van der Waals surface area contributed by atoms with Crippen LogP contribution >= 0.6 is 0 Å². The molecule has 0 radical (unpaired) electrons. The quantitative estimate of drug-likeness (QED) is 0.0269. The Balaban J connectivity index is 0.984. The molecule has 2 aliphatic rings. The Bertz CT molecular complexity index is 1590. The van der Waals surface area contributed by atoms with Crippen LogP contribution in [0.15, 0.2) is 89.6 Å². The van der Waals surface area contributed by atoms with E-state index in [4.69, 9.17) is 43.2 Å². The van der Waals surface area contributed by atoms with Crippen molar-refractivity contribution in [3.8, 4) is 17.2 Å². The van der Waals surface area contributed by atoms with E-state index in [-0.39, 0.29) is 30.9 Å². The van der Waals surface area contributed by atoms with Gasteiger partial charge in [-0.1, -0.05) is 49.9 Å². The minimum atomic E-state index is -0.380. The van der Waals surface area contributed by atoms with E-state index in [1.54, 1.807) is 18.5 Å². The molecule has 0 amide bonds. The molecule has 0 bridgehead atoms. The number of unbranched alkanes of at least 4 members (excludes halogenated alkanes) is 3. The topological polar surface area (TPSA) is 125 Å². The average Bonchev–Trinajstić information content (AvgIpc) is 3.75. The average molecular weight is 717 g/mol. The van der Waals surface area contributed by atoms with E-state index < -0.39 is 0 Å². The van der Waals surface area contributed by atoms with Crippen molar-refractivity contribution in [3.05, 3.63) is 102 Å². The first-order valence-corrected chi connectivity index (χ1v) is 17.8. The predicted octanol–water partition coefficient (Wildman–Crippen LogP) is 6.97. The maximum absolute atomic E-state index is 11.0. The van der Waals surface area contributed by atoms with Gasteiger partial charge in [0.15, 0.2) is 5.75 Å². The highest BCUT2D eigenvalue weighted by molar-refractivity contribution is 5.83. The molecule has 3 aromatic carbocycles. The maximum Gasteiger partial charge on any atom is 0.330 e. The van der Waals surface area contributed by atoms with Gasteiger partial charge in [0.05, 0.1) is 51.6 Å². The van der Waals surface area contributed by atoms with E-state index in [1.165, 1.54) is 6.08 Å². The summed E-state index contributed by atoms with van der Waals surface area (Å²) in [5.41, 5.74) is 3.59. The number of nitrogens with zero attached hydrogens (tertiary/aromatic N) is 2. The minimum Gasteiger partial charge on any atom is -0.494 e. The number of carbonyl (C=O) groups excluding carboxylic acids is 1. The zero-order valence-corrected chi connectivity index (χ0v) is 29.9. The van der Waals surface area contributed by atoms with Crippen LogP contribution in [0, 0.1) is 5.92 Å². The lowest BCUT2D eigenvalue weighted by Crippen LogP contribution is -2.31. The number of ether oxygens (including phenoxy) is 5. The van der Waals surface area contributed by atoms with Gasteiger partial charge in [0.1, 0.15) is 31.2 Å². The smallest absolute Gasteiger partial charge is 0.330 e. The summed E-state index contributed by atoms with van der Waals surface area (Å²) in [4.78, 5) is 33.2. The third-order valence-electron chi connectivity index (χ3n) is 8.42. The largest absolute Gasteiger partial charge is 0.494 e. The first kappa shape index (κ1) is 38.6. The molecule has 0 saturated carbocycles. The number of carbonyl (C=O) groups is 1. The van der Waals surface area contributed by atoms with Gasteiger partial charge in [-0.05, 0) is 85.2 Å². The molecule has 278 valence electrons. The summed E-state index contributed by atoms with van der Waals surface area (Å²) < 4.78 is 28.2. The molecule has 12 heteroatoms. The fraction of sp³-hybridized carbons (Fsp3) is 0.425. The van der Waals surface area contributed by atoms with E-state index in [2.05, 4.69) is 23.7 Å².